The number of aromatic nitrogens is 1. The molecule has 1 amide bonds. The smallest absolute Gasteiger partial charge is 0.257 e. The van der Waals surface area contributed by atoms with Gasteiger partial charge < -0.3 is 9.80 Å². The van der Waals surface area contributed by atoms with E-state index in [4.69, 9.17) is 6.42 Å². The van der Waals surface area contributed by atoms with Crippen LogP contribution in [-0.2, 0) is 0 Å². The zero-order valence-electron chi connectivity index (χ0n) is 12.2. The molecule has 0 radical (unpaired) electrons. The second-order valence-electron chi connectivity index (χ2n) is 5.51. The molecule has 0 unspecified atom stereocenters. The van der Waals surface area contributed by atoms with Crippen LogP contribution in [0.5, 0.6) is 0 Å². The Morgan fingerprint density at radius 2 is 2.10 bits per heavy atom. The summed E-state index contributed by atoms with van der Waals surface area (Å²) in [5.74, 6) is 2.87. The number of terminal acetylenes is 1. The van der Waals surface area contributed by atoms with Gasteiger partial charge in [-0.05, 0) is 6.07 Å². The van der Waals surface area contributed by atoms with Crippen molar-refractivity contribution < 1.29 is 4.79 Å². The molecule has 106 valence electrons. The van der Waals surface area contributed by atoms with Gasteiger partial charge >= 0.3 is 0 Å². The molecule has 0 bridgehead atoms. The van der Waals surface area contributed by atoms with Crippen molar-refractivity contribution in [2.75, 3.05) is 32.1 Å². The third-order valence-electron chi connectivity index (χ3n) is 3.83. The van der Waals surface area contributed by atoms with Gasteiger partial charge in [0.2, 0.25) is 0 Å². The number of rotatable bonds is 2. The van der Waals surface area contributed by atoms with Crippen molar-refractivity contribution in [3.05, 3.63) is 36.0 Å². The van der Waals surface area contributed by atoms with Gasteiger partial charge in [-0.1, -0.05) is 24.1 Å². The molecule has 0 spiro atoms. The lowest BCUT2D eigenvalue weighted by Gasteiger charge is -2.37. The van der Waals surface area contributed by atoms with E-state index >= 15 is 0 Å². The molecule has 1 fully saturated rings. The molecule has 2 heterocycles. The third-order valence-corrected chi connectivity index (χ3v) is 3.83. The van der Waals surface area contributed by atoms with Crippen molar-refractivity contribution in [1.82, 2.24) is 9.88 Å². The molecule has 1 aromatic carbocycles. The molecular weight excluding hydrogens is 262 g/mol. The topological polar surface area (TPSA) is 36.4 Å². The predicted octanol–water partition coefficient (Wildman–Crippen LogP) is 2.01. The normalized spacial score (nSPS) is 14.6. The molecule has 4 nitrogen and oxygen atoms in total. The van der Waals surface area contributed by atoms with Crippen LogP contribution in [0, 0.1) is 18.3 Å². The number of benzene rings is 1. The Morgan fingerprint density at radius 1 is 1.38 bits per heavy atom. The highest BCUT2D eigenvalue weighted by molar-refractivity contribution is 6.07. The van der Waals surface area contributed by atoms with E-state index in [1.54, 1.807) is 11.1 Å². The lowest BCUT2D eigenvalue weighted by Crippen LogP contribution is -2.49. The quantitative estimate of drug-likeness (QED) is 0.789. The van der Waals surface area contributed by atoms with Gasteiger partial charge in [0.05, 0.1) is 22.7 Å². The van der Waals surface area contributed by atoms with Gasteiger partial charge in [0, 0.05) is 38.8 Å². The summed E-state index contributed by atoms with van der Waals surface area (Å²) < 4.78 is 0. The minimum atomic E-state index is 0.00320. The van der Waals surface area contributed by atoms with Crippen molar-refractivity contribution in [1.29, 1.82) is 0 Å². The highest BCUT2D eigenvalue weighted by Crippen LogP contribution is 2.30. The third kappa shape index (κ3) is 2.21. The highest BCUT2D eigenvalue weighted by Gasteiger charge is 2.31. The van der Waals surface area contributed by atoms with Crippen molar-refractivity contribution in [2.24, 2.45) is 5.92 Å². The number of pyridine rings is 1. The number of nitrogens with zero attached hydrogens (tertiary/aromatic N) is 3. The molecule has 21 heavy (non-hydrogen) atoms. The summed E-state index contributed by atoms with van der Waals surface area (Å²) in [6, 6.07) is 7.86. The lowest BCUT2D eigenvalue weighted by atomic mass is 9.99. The largest absolute Gasteiger partial charge is 0.376 e. The molecule has 3 rings (SSSR count). The molecule has 4 heteroatoms. The van der Waals surface area contributed by atoms with Crippen LogP contribution < -0.4 is 4.90 Å². The number of fused-ring (bicyclic) bond motifs is 1. The van der Waals surface area contributed by atoms with Crippen molar-refractivity contribution in [3.63, 3.8) is 0 Å². The summed E-state index contributed by atoms with van der Waals surface area (Å²) in [5, 5.41) is 0.988. The zero-order chi connectivity index (χ0) is 15.0. The van der Waals surface area contributed by atoms with Gasteiger partial charge in [-0.15, -0.1) is 6.42 Å². The van der Waals surface area contributed by atoms with Gasteiger partial charge in [-0.3, -0.25) is 9.78 Å². The number of carbonyl (C=O) groups is 1. The summed E-state index contributed by atoms with van der Waals surface area (Å²) in [4.78, 5) is 20.8. The van der Waals surface area contributed by atoms with Crippen LogP contribution in [0.15, 0.2) is 30.5 Å². The van der Waals surface area contributed by atoms with Gasteiger partial charge in [0.1, 0.15) is 0 Å². The fraction of sp³-hybridized carbons (Fsp3) is 0.294. The number of likely N-dealkylation sites (tertiary alicyclic amines) is 1. The second-order valence-corrected chi connectivity index (χ2v) is 5.51. The molecule has 1 aliphatic heterocycles. The summed E-state index contributed by atoms with van der Waals surface area (Å²) in [6.45, 7) is 1.27. The summed E-state index contributed by atoms with van der Waals surface area (Å²) >= 11 is 0. The number of carbonyl (C=O) groups excluding carboxylic acids is 1. The zero-order valence-corrected chi connectivity index (χ0v) is 12.2. The molecule has 0 aliphatic carbocycles. The molecular formula is C17H17N3O. The predicted molar refractivity (Wildman–Crippen MR) is 84.3 cm³/mol. The first-order valence-corrected chi connectivity index (χ1v) is 6.92. The van der Waals surface area contributed by atoms with Gasteiger partial charge in [0.15, 0.2) is 0 Å². The Hall–Kier alpha value is -2.54. The molecule has 2 aromatic rings. The summed E-state index contributed by atoms with van der Waals surface area (Å²) in [6.07, 6.45) is 7.05. The Labute approximate surface area is 124 Å². The van der Waals surface area contributed by atoms with Gasteiger partial charge in [-0.25, -0.2) is 0 Å². The maximum Gasteiger partial charge on any atom is 0.257 e. The SMILES string of the molecule is C#CC1CN(C(=O)c2cnc3ccccc3c2N(C)C)C1. The fourth-order valence-corrected chi connectivity index (χ4v) is 2.69. The Bertz CT molecular complexity index is 739. The highest BCUT2D eigenvalue weighted by atomic mass is 16.2. The molecule has 1 aliphatic rings. The first-order valence-electron chi connectivity index (χ1n) is 6.92. The van der Waals surface area contributed by atoms with E-state index < -0.39 is 0 Å². The first-order chi connectivity index (χ1) is 10.1. The van der Waals surface area contributed by atoms with Crippen LogP contribution in [0.1, 0.15) is 10.4 Å². The monoisotopic (exact) mass is 279 g/mol. The Balaban J connectivity index is 2.04. The minimum absolute atomic E-state index is 0.00320. The Morgan fingerprint density at radius 3 is 2.76 bits per heavy atom. The van der Waals surface area contributed by atoms with Crippen LogP contribution in [0.3, 0.4) is 0 Å². The molecule has 1 saturated heterocycles. The molecule has 0 saturated carbocycles. The van der Waals surface area contributed by atoms with Crippen LogP contribution in [0.25, 0.3) is 10.9 Å². The minimum Gasteiger partial charge on any atom is -0.376 e. The van der Waals surface area contributed by atoms with Gasteiger partial charge in [0.25, 0.3) is 5.91 Å². The second kappa shape index (κ2) is 5.10. The average molecular weight is 279 g/mol. The molecule has 0 atom stereocenters. The number of amides is 1. The number of hydrogen-bond donors (Lipinski definition) is 0. The average Bonchev–Trinajstić information content (AvgIpc) is 2.44. The molecule has 0 N–H and O–H groups in total. The van der Waals surface area contributed by atoms with Crippen molar-refractivity contribution >= 4 is 22.5 Å². The van der Waals surface area contributed by atoms with E-state index in [1.165, 1.54) is 0 Å². The van der Waals surface area contributed by atoms with Crippen LogP contribution in [0.2, 0.25) is 0 Å². The van der Waals surface area contributed by atoms with E-state index in [9.17, 15) is 4.79 Å². The number of para-hydroxylation sites is 1. The molecule has 1 aromatic heterocycles. The number of hydrogen-bond acceptors (Lipinski definition) is 3. The lowest BCUT2D eigenvalue weighted by molar-refractivity contribution is 0.0580. The van der Waals surface area contributed by atoms with E-state index in [-0.39, 0.29) is 11.8 Å². The van der Waals surface area contributed by atoms with Crippen LogP contribution in [0.4, 0.5) is 5.69 Å². The maximum atomic E-state index is 12.6. The van der Waals surface area contributed by atoms with E-state index in [2.05, 4.69) is 10.9 Å². The van der Waals surface area contributed by atoms with Crippen molar-refractivity contribution in [2.45, 2.75) is 0 Å². The van der Waals surface area contributed by atoms with Crippen molar-refractivity contribution in [3.8, 4) is 12.3 Å². The standard InChI is InChI=1S/C17H17N3O/c1-4-12-10-20(11-12)17(21)14-9-18-15-8-6-5-7-13(15)16(14)19(2)3/h1,5-9,12H,10-11H2,2-3H3. The first kappa shape index (κ1) is 13.4. The summed E-state index contributed by atoms with van der Waals surface area (Å²) in [7, 11) is 3.89. The van der Waals surface area contributed by atoms with Crippen LogP contribution in [-0.4, -0.2) is 43.0 Å². The number of anilines is 1. The Kier molecular flexibility index (Phi) is 3.26. The van der Waals surface area contributed by atoms with Crippen LogP contribution >= 0.6 is 0 Å². The van der Waals surface area contributed by atoms with E-state index in [0.29, 0.717) is 18.7 Å². The summed E-state index contributed by atoms with van der Waals surface area (Å²) in [5.41, 5.74) is 2.44. The maximum absolute atomic E-state index is 12.6. The van der Waals surface area contributed by atoms with Gasteiger partial charge in [-0.2, -0.15) is 0 Å². The van der Waals surface area contributed by atoms with E-state index in [0.717, 1.165) is 16.6 Å². The fourth-order valence-electron chi connectivity index (χ4n) is 2.69. The van der Waals surface area contributed by atoms with E-state index in [1.807, 2.05) is 43.3 Å².